The molecule has 3 N–H and O–H groups in total. The van der Waals surface area contributed by atoms with E-state index in [1.165, 1.54) is 0 Å². The van der Waals surface area contributed by atoms with Crippen LogP contribution >= 0.6 is 0 Å². The fourth-order valence-corrected chi connectivity index (χ4v) is 5.80. The Balaban J connectivity index is 1.10. The van der Waals surface area contributed by atoms with Gasteiger partial charge in [-0.25, -0.2) is 0 Å². The maximum absolute atomic E-state index is 13.3. The molecule has 3 fully saturated rings. The van der Waals surface area contributed by atoms with E-state index in [9.17, 15) is 24.3 Å². The fourth-order valence-electron chi connectivity index (χ4n) is 5.80. The van der Waals surface area contributed by atoms with E-state index in [4.69, 9.17) is 0 Å². The third-order valence-electron chi connectivity index (χ3n) is 8.41. The van der Waals surface area contributed by atoms with Gasteiger partial charge >= 0.3 is 0 Å². The van der Waals surface area contributed by atoms with Crippen molar-refractivity contribution in [2.45, 2.75) is 70.3 Å². The van der Waals surface area contributed by atoms with Crippen molar-refractivity contribution in [1.29, 1.82) is 0 Å². The first-order valence-electron chi connectivity index (χ1n) is 13.3. The monoisotopic (exact) mass is 520 g/mol. The lowest BCUT2D eigenvalue weighted by molar-refractivity contribution is -0.140. The van der Waals surface area contributed by atoms with Gasteiger partial charge in [0.1, 0.15) is 6.04 Å². The highest BCUT2D eigenvalue weighted by Crippen LogP contribution is 2.47. The lowest BCUT2D eigenvalue weighted by atomic mass is 10.0. The van der Waals surface area contributed by atoms with Gasteiger partial charge in [0.05, 0.1) is 17.8 Å². The van der Waals surface area contributed by atoms with Crippen molar-refractivity contribution in [1.82, 2.24) is 24.9 Å². The summed E-state index contributed by atoms with van der Waals surface area (Å²) in [7, 11) is 0. The molecule has 1 aromatic heterocycles. The summed E-state index contributed by atoms with van der Waals surface area (Å²) in [5.74, 6) is -1.10. The van der Waals surface area contributed by atoms with Crippen molar-refractivity contribution in [2.24, 2.45) is 5.41 Å². The Morgan fingerprint density at radius 3 is 2.66 bits per heavy atom. The van der Waals surface area contributed by atoms with Crippen LogP contribution in [0.15, 0.2) is 30.6 Å². The van der Waals surface area contributed by atoms with Crippen LogP contribution in [0.4, 0.5) is 5.69 Å². The molecule has 38 heavy (non-hydrogen) atoms. The van der Waals surface area contributed by atoms with Crippen molar-refractivity contribution in [3.05, 3.63) is 47.3 Å². The molecule has 2 saturated heterocycles. The van der Waals surface area contributed by atoms with E-state index < -0.39 is 24.1 Å². The van der Waals surface area contributed by atoms with Gasteiger partial charge in [0, 0.05) is 54.5 Å². The molecule has 4 amide bonds. The predicted octanol–water partition coefficient (Wildman–Crippen LogP) is 1.71. The standard InChI is InChI=1S/C27H32N6O5/c1-27(9-10-27)26(38)31-11-7-17(8-12-31)32-15-16(14-29-32)13-28-19-4-2-3-18-22(19)25(37)33(24(18)36)20-5-6-21(34)30-23(20)35/h2-4,14-15,17,20,24,28,36H,5-13H2,1H3,(H,30,34,35). The Morgan fingerprint density at radius 2 is 1.95 bits per heavy atom. The summed E-state index contributed by atoms with van der Waals surface area (Å²) in [5.41, 5.74) is 2.14. The van der Waals surface area contributed by atoms with E-state index in [2.05, 4.69) is 22.7 Å². The van der Waals surface area contributed by atoms with Crippen LogP contribution in [0.1, 0.15) is 79.2 Å². The average Bonchev–Trinajstić information content (AvgIpc) is 3.39. The highest BCUT2D eigenvalue weighted by Gasteiger charge is 2.48. The second-order valence-corrected chi connectivity index (χ2v) is 11.1. The number of amides is 4. The Kier molecular flexibility index (Phi) is 5.97. The molecule has 1 aliphatic carbocycles. The highest BCUT2D eigenvalue weighted by molar-refractivity contribution is 6.08. The molecular weight excluding hydrogens is 488 g/mol. The van der Waals surface area contributed by atoms with Gasteiger partial charge in [-0.05, 0) is 38.2 Å². The second kappa shape index (κ2) is 9.23. The van der Waals surface area contributed by atoms with Crippen molar-refractivity contribution in [3.63, 3.8) is 0 Å². The molecule has 2 atom stereocenters. The number of carbonyl (C=O) groups is 4. The molecule has 2 aromatic rings. The highest BCUT2D eigenvalue weighted by atomic mass is 16.3. The van der Waals surface area contributed by atoms with Crippen LogP contribution in [0.2, 0.25) is 0 Å². The van der Waals surface area contributed by atoms with E-state index >= 15 is 0 Å². The zero-order valence-corrected chi connectivity index (χ0v) is 21.4. The van der Waals surface area contributed by atoms with E-state index in [-0.39, 0.29) is 36.1 Å². The minimum atomic E-state index is -1.26. The molecule has 0 bridgehead atoms. The summed E-state index contributed by atoms with van der Waals surface area (Å²) in [5, 5.41) is 21.0. The Bertz CT molecular complexity index is 1310. The SMILES string of the molecule is CC1(C(=O)N2CCC(n3cc(CNc4cccc5c4C(=O)N(C4CCC(=O)NC4=O)C5O)cn3)CC2)CC1. The third-order valence-corrected chi connectivity index (χ3v) is 8.41. The molecule has 0 radical (unpaired) electrons. The lowest BCUT2D eigenvalue weighted by Gasteiger charge is -2.33. The van der Waals surface area contributed by atoms with Gasteiger partial charge in [-0.3, -0.25) is 34.1 Å². The van der Waals surface area contributed by atoms with E-state index in [1.54, 1.807) is 24.4 Å². The van der Waals surface area contributed by atoms with Gasteiger partial charge in [-0.2, -0.15) is 5.10 Å². The number of likely N-dealkylation sites (tertiary alicyclic amines) is 1. The predicted molar refractivity (Wildman–Crippen MR) is 135 cm³/mol. The summed E-state index contributed by atoms with van der Waals surface area (Å²) in [6.45, 7) is 3.97. The number of nitrogens with one attached hydrogen (secondary N) is 2. The molecule has 6 rings (SSSR count). The number of hydrogen-bond donors (Lipinski definition) is 3. The van der Waals surface area contributed by atoms with Crippen molar-refractivity contribution in [3.8, 4) is 0 Å². The van der Waals surface area contributed by atoms with Gasteiger partial charge in [0.15, 0.2) is 6.23 Å². The number of carbonyl (C=O) groups excluding carboxylic acids is 4. The molecule has 1 aromatic carbocycles. The topological polar surface area (TPSA) is 137 Å². The van der Waals surface area contributed by atoms with Gasteiger partial charge < -0.3 is 15.3 Å². The van der Waals surface area contributed by atoms with Crippen LogP contribution in [0.3, 0.4) is 0 Å². The number of benzene rings is 1. The number of rotatable bonds is 6. The maximum atomic E-state index is 13.3. The smallest absolute Gasteiger partial charge is 0.259 e. The fraction of sp³-hybridized carbons (Fsp3) is 0.519. The Morgan fingerprint density at radius 1 is 1.18 bits per heavy atom. The molecular formula is C27H32N6O5. The summed E-state index contributed by atoms with van der Waals surface area (Å²) < 4.78 is 1.96. The molecule has 1 saturated carbocycles. The van der Waals surface area contributed by atoms with E-state index in [1.807, 2.05) is 15.8 Å². The van der Waals surface area contributed by atoms with E-state index in [0.717, 1.165) is 49.2 Å². The maximum Gasteiger partial charge on any atom is 0.259 e. The first kappa shape index (κ1) is 24.6. The molecule has 4 heterocycles. The van der Waals surface area contributed by atoms with Crippen molar-refractivity contribution in [2.75, 3.05) is 18.4 Å². The molecule has 3 aliphatic heterocycles. The minimum absolute atomic E-state index is 0.118. The zero-order valence-electron chi connectivity index (χ0n) is 21.4. The first-order valence-corrected chi connectivity index (χ1v) is 13.3. The largest absolute Gasteiger partial charge is 0.380 e. The van der Waals surface area contributed by atoms with Crippen LogP contribution in [-0.4, -0.2) is 67.4 Å². The first-order chi connectivity index (χ1) is 18.2. The van der Waals surface area contributed by atoms with Crippen LogP contribution in [0.5, 0.6) is 0 Å². The number of aliphatic hydroxyl groups is 1. The lowest BCUT2D eigenvalue weighted by Crippen LogP contribution is -2.53. The zero-order chi connectivity index (χ0) is 26.6. The quantitative estimate of drug-likeness (QED) is 0.493. The molecule has 2 unspecified atom stereocenters. The summed E-state index contributed by atoms with van der Waals surface area (Å²) in [6.07, 6.45) is 6.54. The van der Waals surface area contributed by atoms with Gasteiger partial charge in [-0.15, -0.1) is 0 Å². The molecule has 11 nitrogen and oxygen atoms in total. The normalized spacial score (nSPS) is 24.8. The summed E-state index contributed by atoms with van der Waals surface area (Å²) >= 11 is 0. The number of nitrogens with zero attached hydrogens (tertiary/aromatic N) is 4. The van der Waals surface area contributed by atoms with Crippen molar-refractivity contribution >= 4 is 29.3 Å². The average molecular weight is 521 g/mol. The molecule has 0 spiro atoms. The van der Waals surface area contributed by atoms with Gasteiger partial charge in [-0.1, -0.05) is 19.1 Å². The van der Waals surface area contributed by atoms with E-state index in [0.29, 0.717) is 23.4 Å². The van der Waals surface area contributed by atoms with Crippen LogP contribution in [-0.2, 0) is 20.9 Å². The number of fused-ring (bicyclic) bond motifs is 1. The minimum Gasteiger partial charge on any atom is -0.380 e. The number of aromatic nitrogens is 2. The van der Waals surface area contributed by atoms with Crippen LogP contribution in [0.25, 0.3) is 0 Å². The molecule has 11 heteroatoms. The number of aliphatic hydroxyl groups excluding tert-OH is 1. The van der Waals surface area contributed by atoms with Crippen LogP contribution in [0, 0.1) is 5.41 Å². The second-order valence-electron chi connectivity index (χ2n) is 11.1. The number of imide groups is 1. The molecule has 200 valence electrons. The van der Waals surface area contributed by atoms with Crippen molar-refractivity contribution < 1.29 is 24.3 Å². The summed E-state index contributed by atoms with van der Waals surface area (Å²) in [6, 6.07) is 4.54. The number of anilines is 1. The molecule has 4 aliphatic rings. The third kappa shape index (κ3) is 4.24. The van der Waals surface area contributed by atoms with Crippen LogP contribution < -0.4 is 10.6 Å². The number of piperidine rings is 2. The van der Waals surface area contributed by atoms with Gasteiger partial charge in [0.25, 0.3) is 5.91 Å². The Hall–Kier alpha value is -3.73. The summed E-state index contributed by atoms with van der Waals surface area (Å²) in [4.78, 5) is 53.0. The Labute approximate surface area is 220 Å². The number of hydrogen-bond acceptors (Lipinski definition) is 7. The van der Waals surface area contributed by atoms with Gasteiger partial charge in [0.2, 0.25) is 17.7 Å².